The van der Waals surface area contributed by atoms with E-state index in [0.717, 1.165) is 15.2 Å². The number of pyridine rings is 1. The molecule has 0 radical (unpaired) electrons. The highest BCUT2D eigenvalue weighted by Gasteiger charge is 2.15. The fourth-order valence-electron chi connectivity index (χ4n) is 2.04. The highest BCUT2D eigenvalue weighted by Crippen LogP contribution is 2.39. The minimum Gasteiger partial charge on any atom is -0.264 e. The van der Waals surface area contributed by atoms with Crippen LogP contribution in [0.25, 0.3) is 10.8 Å². The number of aromatic nitrogens is 1. The maximum absolute atomic E-state index is 11.1. The Kier molecular flexibility index (Phi) is 3.77. The molecule has 0 aliphatic rings. The van der Waals surface area contributed by atoms with E-state index >= 15 is 0 Å². The van der Waals surface area contributed by atoms with Crippen LogP contribution in [-0.4, -0.2) is 9.91 Å². The van der Waals surface area contributed by atoms with E-state index in [4.69, 9.17) is 11.6 Å². The molecule has 0 atom stereocenters. The fraction of sp³-hybridized carbons (Fsp3) is 0. The maximum Gasteiger partial charge on any atom is 0.278 e. The second-order valence-electron chi connectivity index (χ2n) is 4.29. The van der Waals surface area contributed by atoms with E-state index in [0.29, 0.717) is 10.4 Å². The molecule has 1 heterocycles. The highest BCUT2D eigenvalue weighted by atomic mass is 35.5. The molecule has 0 fully saturated rings. The van der Waals surface area contributed by atoms with Crippen LogP contribution in [0, 0.1) is 10.1 Å². The molecule has 104 valence electrons. The highest BCUT2D eigenvalue weighted by molar-refractivity contribution is 7.99. The monoisotopic (exact) mass is 316 g/mol. The lowest BCUT2D eigenvalue weighted by atomic mass is 10.1. The molecule has 0 aliphatic carbocycles. The van der Waals surface area contributed by atoms with Gasteiger partial charge in [-0.3, -0.25) is 15.1 Å². The van der Waals surface area contributed by atoms with Gasteiger partial charge in [-0.2, -0.15) is 0 Å². The normalized spacial score (nSPS) is 10.7. The molecule has 0 bridgehead atoms. The lowest BCUT2D eigenvalue weighted by Crippen LogP contribution is -1.91. The van der Waals surface area contributed by atoms with Gasteiger partial charge in [0, 0.05) is 33.6 Å². The first kappa shape index (κ1) is 13.9. The summed E-state index contributed by atoms with van der Waals surface area (Å²) in [4.78, 5) is 16.5. The van der Waals surface area contributed by atoms with Crippen LogP contribution in [0.1, 0.15) is 0 Å². The number of nitrogens with zero attached hydrogens (tertiary/aromatic N) is 2. The minimum absolute atomic E-state index is 0.0570. The lowest BCUT2D eigenvalue weighted by Gasteiger charge is -2.07. The number of fused-ring (bicyclic) bond motifs is 1. The number of benzene rings is 2. The number of halogens is 1. The first-order valence-corrected chi connectivity index (χ1v) is 7.30. The van der Waals surface area contributed by atoms with E-state index in [2.05, 4.69) is 4.98 Å². The van der Waals surface area contributed by atoms with E-state index in [1.165, 1.54) is 24.0 Å². The van der Waals surface area contributed by atoms with Crippen molar-refractivity contribution in [2.45, 2.75) is 9.79 Å². The third kappa shape index (κ3) is 2.70. The van der Waals surface area contributed by atoms with E-state index < -0.39 is 4.92 Å². The topological polar surface area (TPSA) is 56.0 Å². The molecule has 3 rings (SSSR count). The Morgan fingerprint density at radius 2 is 1.86 bits per heavy atom. The predicted octanol–water partition coefficient (Wildman–Crippen LogP) is 4.95. The summed E-state index contributed by atoms with van der Waals surface area (Å²) in [6.07, 6.45) is 3.15. The van der Waals surface area contributed by atoms with Gasteiger partial charge in [0.25, 0.3) is 5.69 Å². The molecule has 4 nitrogen and oxygen atoms in total. The molecule has 6 heteroatoms. The summed E-state index contributed by atoms with van der Waals surface area (Å²) in [7, 11) is 0. The van der Waals surface area contributed by atoms with Crippen molar-refractivity contribution in [2.75, 3.05) is 0 Å². The maximum atomic E-state index is 11.1. The van der Waals surface area contributed by atoms with Gasteiger partial charge in [-0.05, 0) is 24.3 Å². The van der Waals surface area contributed by atoms with Crippen molar-refractivity contribution in [1.82, 2.24) is 4.98 Å². The Bertz CT molecular complexity index is 839. The van der Waals surface area contributed by atoms with Crippen LogP contribution in [0.2, 0.25) is 5.02 Å². The smallest absolute Gasteiger partial charge is 0.264 e. The van der Waals surface area contributed by atoms with Gasteiger partial charge in [-0.1, -0.05) is 35.5 Å². The molecule has 1 aromatic heterocycles. The average Bonchev–Trinajstić information content (AvgIpc) is 2.49. The summed E-state index contributed by atoms with van der Waals surface area (Å²) in [6, 6.07) is 12.5. The van der Waals surface area contributed by atoms with Crippen LogP contribution in [0.15, 0.2) is 64.6 Å². The van der Waals surface area contributed by atoms with Gasteiger partial charge in [0.2, 0.25) is 0 Å². The van der Waals surface area contributed by atoms with Gasteiger partial charge in [-0.15, -0.1) is 0 Å². The van der Waals surface area contributed by atoms with Gasteiger partial charge in [-0.25, -0.2) is 0 Å². The molecule has 0 saturated heterocycles. The second-order valence-corrected chi connectivity index (χ2v) is 5.78. The van der Waals surface area contributed by atoms with Gasteiger partial charge in [0.05, 0.1) is 15.3 Å². The zero-order valence-corrected chi connectivity index (χ0v) is 12.3. The fourth-order valence-corrected chi connectivity index (χ4v) is 3.27. The zero-order chi connectivity index (χ0) is 14.8. The van der Waals surface area contributed by atoms with E-state index in [-0.39, 0.29) is 5.69 Å². The van der Waals surface area contributed by atoms with Crippen LogP contribution in [0.4, 0.5) is 5.69 Å². The van der Waals surface area contributed by atoms with E-state index in [9.17, 15) is 10.1 Å². The van der Waals surface area contributed by atoms with Crippen molar-refractivity contribution in [2.24, 2.45) is 0 Å². The molecule has 0 spiro atoms. The van der Waals surface area contributed by atoms with Crippen LogP contribution >= 0.6 is 23.4 Å². The quantitative estimate of drug-likeness (QED) is 0.507. The van der Waals surface area contributed by atoms with E-state index in [1.807, 2.05) is 24.3 Å². The zero-order valence-electron chi connectivity index (χ0n) is 10.7. The summed E-state index contributed by atoms with van der Waals surface area (Å²) < 4.78 is 0. The summed E-state index contributed by atoms with van der Waals surface area (Å²) >= 11 is 7.65. The molecular formula is C15H9ClN2O2S. The van der Waals surface area contributed by atoms with Crippen molar-refractivity contribution < 1.29 is 4.92 Å². The molecule has 0 N–H and O–H groups in total. The minimum atomic E-state index is -0.395. The van der Waals surface area contributed by atoms with Gasteiger partial charge < -0.3 is 0 Å². The number of non-ortho nitro benzene ring substituents is 1. The third-order valence-corrected chi connectivity index (χ3v) is 4.60. The van der Waals surface area contributed by atoms with Crippen molar-refractivity contribution in [1.29, 1.82) is 0 Å². The first-order valence-electron chi connectivity index (χ1n) is 6.10. The van der Waals surface area contributed by atoms with Crippen molar-refractivity contribution in [3.63, 3.8) is 0 Å². The molecule has 3 aromatic rings. The largest absolute Gasteiger partial charge is 0.278 e. The van der Waals surface area contributed by atoms with Gasteiger partial charge >= 0.3 is 0 Å². The number of nitro benzene ring substituents is 1. The predicted molar refractivity (Wildman–Crippen MR) is 84.0 cm³/mol. The molecule has 2 aromatic carbocycles. The first-order chi connectivity index (χ1) is 10.2. The van der Waals surface area contributed by atoms with Crippen LogP contribution in [0.3, 0.4) is 0 Å². The Morgan fingerprint density at radius 1 is 1.05 bits per heavy atom. The van der Waals surface area contributed by atoms with Crippen LogP contribution < -0.4 is 0 Å². The Balaban J connectivity index is 2.14. The number of rotatable bonds is 3. The number of hydrogen-bond acceptors (Lipinski definition) is 4. The molecule has 0 aliphatic heterocycles. The number of nitro groups is 1. The Hall–Kier alpha value is -2.11. The molecule has 0 amide bonds. The Labute approximate surface area is 129 Å². The molecular weight excluding hydrogens is 308 g/mol. The third-order valence-electron chi connectivity index (χ3n) is 3.01. The van der Waals surface area contributed by atoms with Crippen molar-refractivity contribution in [3.05, 3.63) is 70.0 Å². The second kappa shape index (κ2) is 5.71. The van der Waals surface area contributed by atoms with Crippen LogP contribution in [0.5, 0.6) is 0 Å². The summed E-state index contributed by atoms with van der Waals surface area (Å²) in [6.45, 7) is 0. The summed E-state index contributed by atoms with van der Waals surface area (Å²) in [5, 5.41) is 13.1. The molecule has 0 saturated carbocycles. The van der Waals surface area contributed by atoms with E-state index in [1.54, 1.807) is 18.3 Å². The lowest BCUT2D eigenvalue weighted by molar-refractivity contribution is -0.383. The van der Waals surface area contributed by atoms with Gasteiger partial charge in [0.1, 0.15) is 0 Å². The Morgan fingerprint density at radius 3 is 2.62 bits per heavy atom. The number of hydrogen-bond donors (Lipinski definition) is 0. The standard InChI is InChI=1S/C15H9ClN2O2S/c16-12-3-1-2-4-15(12)21-14-6-5-13(18(19)20)11-9-17-8-7-10(11)14/h1-9H. The van der Waals surface area contributed by atoms with Gasteiger partial charge in [0.15, 0.2) is 0 Å². The molecule has 0 unspecified atom stereocenters. The SMILES string of the molecule is O=[N+]([O-])c1ccc(Sc2ccccc2Cl)c2ccncc12. The average molecular weight is 317 g/mol. The van der Waals surface area contributed by atoms with Crippen LogP contribution in [-0.2, 0) is 0 Å². The molecule has 21 heavy (non-hydrogen) atoms. The summed E-state index contributed by atoms with van der Waals surface area (Å²) in [5.41, 5.74) is 0.0570. The summed E-state index contributed by atoms with van der Waals surface area (Å²) in [5.74, 6) is 0. The van der Waals surface area contributed by atoms with Crippen molar-refractivity contribution in [3.8, 4) is 0 Å². The van der Waals surface area contributed by atoms with Crippen molar-refractivity contribution >= 4 is 39.8 Å².